The number of carbonyl (C=O) groups excluding carboxylic acids is 1. The fourth-order valence-corrected chi connectivity index (χ4v) is 8.33. The second kappa shape index (κ2) is 39.6. The lowest BCUT2D eigenvalue weighted by Gasteiger charge is -2.41. The van der Waals surface area contributed by atoms with Gasteiger partial charge in [0, 0.05) is 13.0 Å². The number of ether oxygens (including phenoxy) is 2. The van der Waals surface area contributed by atoms with Crippen molar-refractivity contribution in [3.8, 4) is 0 Å². The Balaban J connectivity index is 2.36. The predicted molar refractivity (Wildman–Crippen MR) is 249 cm³/mol. The molecule has 1 fully saturated rings. The normalized spacial score (nSPS) is 22.4. The van der Waals surface area contributed by atoms with Crippen LogP contribution in [0.1, 0.15) is 194 Å². The highest BCUT2D eigenvalue weighted by atomic mass is 31.2. The molecule has 6 unspecified atom stereocenters. The minimum atomic E-state index is -5.03. The van der Waals surface area contributed by atoms with Gasteiger partial charge in [-0.3, -0.25) is 13.8 Å². The highest BCUT2D eigenvalue weighted by molar-refractivity contribution is 7.47. The Morgan fingerprint density at radius 1 is 0.532 bits per heavy atom. The Labute approximate surface area is 375 Å². The molecule has 362 valence electrons. The fourth-order valence-electron chi connectivity index (χ4n) is 7.36. The van der Waals surface area contributed by atoms with E-state index in [9.17, 15) is 39.8 Å². The second-order valence-electron chi connectivity index (χ2n) is 16.9. The van der Waals surface area contributed by atoms with E-state index in [0.717, 1.165) is 51.4 Å². The van der Waals surface area contributed by atoms with Crippen molar-refractivity contribution in [3.63, 3.8) is 0 Å². The van der Waals surface area contributed by atoms with Gasteiger partial charge in [0.25, 0.3) is 0 Å². The fraction of sp³-hybridized carbons (Fsp3) is 0.816. The van der Waals surface area contributed by atoms with Crippen LogP contribution in [0.2, 0.25) is 0 Å². The zero-order chi connectivity index (χ0) is 45.5. The predicted octanol–water partition coefficient (Wildman–Crippen LogP) is 10.4. The van der Waals surface area contributed by atoms with Gasteiger partial charge in [0.1, 0.15) is 42.7 Å². The molecule has 1 saturated carbocycles. The molecule has 6 atom stereocenters. The van der Waals surface area contributed by atoms with Crippen molar-refractivity contribution in [2.75, 3.05) is 19.8 Å². The largest absolute Gasteiger partial charge is 0.472 e. The molecule has 1 aliphatic rings. The molecule has 0 radical (unpaired) electrons. The first kappa shape index (κ1) is 58.3. The van der Waals surface area contributed by atoms with Crippen molar-refractivity contribution in [1.29, 1.82) is 0 Å². The van der Waals surface area contributed by atoms with Crippen molar-refractivity contribution in [3.05, 3.63) is 48.6 Å². The van der Waals surface area contributed by atoms with Crippen LogP contribution in [0.25, 0.3) is 0 Å². The first-order valence-corrected chi connectivity index (χ1v) is 26.0. The first-order valence-electron chi connectivity index (χ1n) is 24.5. The Morgan fingerprint density at radius 2 is 0.935 bits per heavy atom. The molecule has 12 nitrogen and oxygen atoms in total. The minimum absolute atomic E-state index is 0.114. The summed E-state index contributed by atoms with van der Waals surface area (Å²) in [4.78, 5) is 23.2. The molecule has 0 aliphatic heterocycles. The zero-order valence-electron chi connectivity index (χ0n) is 38.7. The van der Waals surface area contributed by atoms with Crippen LogP contribution >= 0.6 is 7.82 Å². The van der Waals surface area contributed by atoms with Crippen LogP contribution in [-0.4, -0.2) is 98.9 Å². The van der Waals surface area contributed by atoms with E-state index in [2.05, 4.69) is 62.5 Å². The van der Waals surface area contributed by atoms with Gasteiger partial charge in [-0.1, -0.05) is 191 Å². The Morgan fingerprint density at radius 3 is 1.39 bits per heavy atom. The van der Waals surface area contributed by atoms with E-state index in [1.54, 1.807) is 0 Å². The van der Waals surface area contributed by atoms with Crippen LogP contribution < -0.4 is 0 Å². The van der Waals surface area contributed by atoms with Crippen LogP contribution in [0.15, 0.2) is 48.6 Å². The van der Waals surface area contributed by atoms with Gasteiger partial charge in [0.2, 0.25) is 0 Å². The monoisotopic (exact) mass is 901 g/mol. The molecular weight excluding hydrogens is 812 g/mol. The van der Waals surface area contributed by atoms with Gasteiger partial charge in [-0.2, -0.15) is 0 Å². The summed E-state index contributed by atoms with van der Waals surface area (Å²) < 4.78 is 34.1. The third-order valence-corrected chi connectivity index (χ3v) is 12.2. The van der Waals surface area contributed by atoms with Crippen molar-refractivity contribution < 1.29 is 58.3 Å². The summed E-state index contributed by atoms with van der Waals surface area (Å²) in [5, 5.41) is 50.2. The Kier molecular flexibility index (Phi) is 37.3. The number of hydrogen-bond acceptors (Lipinski definition) is 11. The molecule has 0 aromatic carbocycles. The first-order chi connectivity index (χ1) is 30.0. The molecule has 0 aromatic heterocycles. The average molecular weight is 901 g/mol. The summed E-state index contributed by atoms with van der Waals surface area (Å²) in [5.41, 5.74) is 0. The van der Waals surface area contributed by atoms with Gasteiger partial charge < -0.3 is 39.9 Å². The van der Waals surface area contributed by atoms with Crippen LogP contribution in [0.3, 0.4) is 0 Å². The maximum absolute atomic E-state index is 12.8. The second-order valence-corrected chi connectivity index (χ2v) is 18.3. The summed E-state index contributed by atoms with van der Waals surface area (Å²) in [5.74, 6) is -0.494. The van der Waals surface area contributed by atoms with E-state index in [-0.39, 0.29) is 13.0 Å². The molecule has 0 saturated heterocycles. The van der Waals surface area contributed by atoms with Crippen LogP contribution in [0.5, 0.6) is 0 Å². The van der Waals surface area contributed by atoms with Crippen LogP contribution in [0.4, 0.5) is 0 Å². The summed E-state index contributed by atoms with van der Waals surface area (Å²) in [6, 6.07) is 0. The third-order valence-electron chi connectivity index (χ3n) is 11.2. The number of phosphoric ester groups is 1. The van der Waals surface area contributed by atoms with Gasteiger partial charge in [-0.15, -0.1) is 0 Å². The van der Waals surface area contributed by atoms with E-state index in [1.807, 2.05) is 0 Å². The number of allylic oxidation sites excluding steroid dienone is 8. The number of phosphoric acid groups is 1. The molecule has 0 heterocycles. The van der Waals surface area contributed by atoms with Crippen LogP contribution in [-0.2, 0) is 27.9 Å². The quantitative estimate of drug-likeness (QED) is 0.0147. The van der Waals surface area contributed by atoms with Gasteiger partial charge in [0.05, 0.1) is 13.2 Å². The molecule has 0 aromatic rings. The molecule has 6 N–H and O–H groups in total. The van der Waals surface area contributed by atoms with E-state index >= 15 is 0 Å². The van der Waals surface area contributed by atoms with E-state index < -0.39 is 63.1 Å². The number of aliphatic hydroxyl groups excluding tert-OH is 5. The SMILES string of the molecule is CC/C=C\C/C=C\C/C=C\C/C=C\CCCOCC(COP(=O)(O)OC1C(O)C(O)C(O)C(O)C1O)OC(=O)CCCCCCCCCCCCCCCCCCCCCCC. The number of carbonyl (C=O) groups is 1. The van der Waals surface area contributed by atoms with E-state index in [0.29, 0.717) is 19.4 Å². The maximum atomic E-state index is 12.8. The standard InChI is InChI=1S/C49H89O12P/c1-3-5-7-9-11-13-15-17-19-20-21-22-23-24-25-26-28-30-32-34-36-38-43(50)60-42(40-58-39-37-35-33-31-29-27-18-16-14-12-10-8-6-4-2)41-59-62(56,57)61-49-47(54)45(52)44(51)46(53)48(49)55/h6,8,12,14,18,27,31,33,42,44-49,51-55H,3-5,7,9-11,13,15-17,19-26,28-30,32,34-41H2,1-2H3,(H,56,57)/b8-6-,14-12-,27-18-,33-31-. The molecule has 1 aliphatic carbocycles. The lowest BCUT2D eigenvalue weighted by atomic mass is 9.85. The Hall–Kier alpha value is -1.70. The molecule has 0 bridgehead atoms. The topological polar surface area (TPSA) is 192 Å². The van der Waals surface area contributed by atoms with Gasteiger partial charge in [-0.25, -0.2) is 4.57 Å². The molecule has 1 rings (SSSR count). The van der Waals surface area contributed by atoms with Crippen molar-refractivity contribution in [1.82, 2.24) is 0 Å². The van der Waals surface area contributed by atoms with Crippen molar-refractivity contribution in [2.45, 2.75) is 236 Å². The molecule has 0 spiro atoms. The van der Waals surface area contributed by atoms with Crippen molar-refractivity contribution >= 4 is 13.8 Å². The highest BCUT2D eigenvalue weighted by Crippen LogP contribution is 2.47. The molecule has 62 heavy (non-hydrogen) atoms. The minimum Gasteiger partial charge on any atom is -0.457 e. The maximum Gasteiger partial charge on any atom is 0.472 e. The number of aliphatic hydroxyl groups is 5. The zero-order valence-corrected chi connectivity index (χ0v) is 39.6. The molecule has 13 heteroatoms. The summed E-state index contributed by atoms with van der Waals surface area (Å²) in [6.07, 6.45) is 36.3. The number of hydrogen-bond donors (Lipinski definition) is 6. The number of rotatable bonds is 41. The van der Waals surface area contributed by atoms with Gasteiger partial charge >= 0.3 is 13.8 Å². The summed E-state index contributed by atoms with van der Waals surface area (Å²) in [6.45, 7) is 4.02. The summed E-state index contributed by atoms with van der Waals surface area (Å²) in [7, 11) is -5.03. The van der Waals surface area contributed by atoms with E-state index in [1.165, 1.54) is 109 Å². The van der Waals surface area contributed by atoms with Crippen LogP contribution in [0, 0.1) is 0 Å². The van der Waals surface area contributed by atoms with Gasteiger partial charge in [0.15, 0.2) is 0 Å². The number of unbranched alkanes of at least 4 members (excludes halogenated alkanes) is 21. The highest BCUT2D eigenvalue weighted by Gasteiger charge is 2.51. The lowest BCUT2D eigenvalue weighted by Crippen LogP contribution is -2.64. The average Bonchev–Trinajstić information content (AvgIpc) is 3.26. The Bertz CT molecular complexity index is 1210. The number of esters is 1. The summed E-state index contributed by atoms with van der Waals surface area (Å²) >= 11 is 0. The smallest absolute Gasteiger partial charge is 0.457 e. The van der Waals surface area contributed by atoms with E-state index in [4.69, 9.17) is 18.5 Å². The third kappa shape index (κ3) is 31.2. The molecular formula is C49H89O12P. The molecule has 0 amide bonds. The lowest BCUT2D eigenvalue weighted by molar-refractivity contribution is -0.220. The van der Waals surface area contributed by atoms with Crippen molar-refractivity contribution in [2.24, 2.45) is 0 Å². The van der Waals surface area contributed by atoms with Gasteiger partial charge in [-0.05, 0) is 44.9 Å².